The Balaban J connectivity index is 2.27. The average Bonchev–Trinajstić information content (AvgIpc) is 2.99. The van der Waals surface area contributed by atoms with Gasteiger partial charge < -0.3 is 15.3 Å². The van der Waals surface area contributed by atoms with Gasteiger partial charge in [-0.3, -0.25) is 0 Å². The molecule has 0 aliphatic rings. The van der Waals surface area contributed by atoms with Crippen molar-refractivity contribution in [2.24, 2.45) is 0 Å². The largest absolute Gasteiger partial charge is 0.393 e. The summed E-state index contributed by atoms with van der Waals surface area (Å²) in [6.45, 7) is 5.07. The molecule has 2 aromatic rings. The maximum Gasteiger partial charge on any atom is 0.258 e. The van der Waals surface area contributed by atoms with Gasteiger partial charge in [-0.2, -0.15) is 24.7 Å². The van der Waals surface area contributed by atoms with Crippen LogP contribution >= 0.6 is 0 Å². The summed E-state index contributed by atoms with van der Waals surface area (Å²) in [6.07, 6.45) is 3.23. The van der Waals surface area contributed by atoms with Gasteiger partial charge in [0.2, 0.25) is 11.9 Å². The SMILES string of the molecule is CCNc1nc(N(C)CCC(C)O)nc(-n2cncn2)n1. The number of aliphatic hydroxyl groups excluding tert-OH is 1. The van der Waals surface area contributed by atoms with Crippen LogP contribution in [0.5, 0.6) is 0 Å². The van der Waals surface area contributed by atoms with Crippen molar-refractivity contribution in [3.63, 3.8) is 0 Å². The molecule has 1 atom stereocenters. The van der Waals surface area contributed by atoms with Crippen LogP contribution in [0.15, 0.2) is 12.7 Å². The number of aromatic nitrogens is 6. The van der Waals surface area contributed by atoms with Crippen LogP contribution < -0.4 is 10.2 Å². The Morgan fingerprint density at radius 3 is 2.81 bits per heavy atom. The van der Waals surface area contributed by atoms with E-state index in [2.05, 4.69) is 30.4 Å². The molecule has 0 radical (unpaired) electrons. The van der Waals surface area contributed by atoms with Crippen molar-refractivity contribution in [1.82, 2.24) is 29.7 Å². The molecule has 9 nitrogen and oxygen atoms in total. The van der Waals surface area contributed by atoms with Crippen LogP contribution in [0.3, 0.4) is 0 Å². The number of anilines is 2. The van der Waals surface area contributed by atoms with Gasteiger partial charge in [0.05, 0.1) is 6.10 Å². The molecule has 0 aromatic carbocycles. The highest BCUT2D eigenvalue weighted by Gasteiger charge is 2.12. The Bertz CT molecular complexity index is 556. The molecule has 2 heterocycles. The van der Waals surface area contributed by atoms with Gasteiger partial charge in [-0.15, -0.1) is 0 Å². The minimum absolute atomic E-state index is 0.364. The lowest BCUT2D eigenvalue weighted by molar-refractivity contribution is 0.186. The Kier molecular flexibility index (Phi) is 4.99. The predicted molar refractivity (Wildman–Crippen MR) is 78.5 cm³/mol. The van der Waals surface area contributed by atoms with Crippen LogP contribution in [0.2, 0.25) is 0 Å². The smallest absolute Gasteiger partial charge is 0.258 e. The van der Waals surface area contributed by atoms with Crippen LogP contribution in [0, 0.1) is 0 Å². The summed E-state index contributed by atoms with van der Waals surface area (Å²) in [7, 11) is 1.87. The van der Waals surface area contributed by atoms with Gasteiger partial charge in [0.25, 0.3) is 5.95 Å². The summed E-state index contributed by atoms with van der Waals surface area (Å²) in [4.78, 5) is 18.8. The first-order chi connectivity index (χ1) is 10.1. The Morgan fingerprint density at radius 1 is 1.38 bits per heavy atom. The summed E-state index contributed by atoms with van der Waals surface area (Å²) in [5.74, 6) is 1.40. The van der Waals surface area contributed by atoms with Crippen molar-refractivity contribution in [2.75, 3.05) is 30.4 Å². The van der Waals surface area contributed by atoms with E-state index in [1.807, 2.05) is 18.9 Å². The highest BCUT2D eigenvalue weighted by atomic mass is 16.3. The lowest BCUT2D eigenvalue weighted by Crippen LogP contribution is -2.25. The van der Waals surface area contributed by atoms with E-state index in [4.69, 9.17) is 0 Å². The Morgan fingerprint density at radius 2 is 2.19 bits per heavy atom. The van der Waals surface area contributed by atoms with Crippen molar-refractivity contribution < 1.29 is 5.11 Å². The number of rotatable bonds is 7. The highest BCUT2D eigenvalue weighted by Crippen LogP contribution is 2.12. The maximum absolute atomic E-state index is 9.38. The Labute approximate surface area is 123 Å². The van der Waals surface area contributed by atoms with E-state index in [0.29, 0.717) is 37.4 Å². The first-order valence-corrected chi connectivity index (χ1v) is 6.84. The second-order valence-corrected chi connectivity index (χ2v) is 4.69. The van der Waals surface area contributed by atoms with E-state index in [1.54, 1.807) is 6.92 Å². The third-order valence-electron chi connectivity index (χ3n) is 2.79. The van der Waals surface area contributed by atoms with Gasteiger partial charge in [0.1, 0.15) is 12.7 Å². The van der Waals surface area contributed by atoms with Crippen molar-refractivity contribution in [1.29, 1.82) is 0 Å². The van der Waals surface area contributed by atoms with Crippen LogP contribution in [0.25, 0.3) is 5.95 Å². The summed E-state index contributed by atoms with van der Waals surface area (Å²) >= 11 is 0. The van der Waals surface area contributed by atoms with E-state index in [1.165, 1.54) is 17.3 Å². The third kappa shape index (κ3) is 4.09. The number of nitrogens with one attached hydrogen (secondary N) is 1. The van der Waals surface area contributed by atoms with E-state index >= 15 is 0 Å². The number of nitrogens with zero attached hydrogens (tertiary/aromatic N) is 7. The van der Waals surface area contributed by atoms with Crippen LogP contribution in [0.4, 0.5) is 11.9 Å². The fraction of sp³-hybridized carbons (Fsp3) is 0.583. The zero-order valence-corrected chi connectivity index (χ0v) is 12.4. The summed E-state index contributed by atoms with van der Waals surface area (Å²) in [6, 6.07) is 0. The van der Waals surface area contributed by atoms with Crippen LogP contribution in [0.1, 0.15) is 20.3 Å². The first kappa shape index (κ1) is 15.1. The van der Waals surface area contributed by atoms with Gasteiger partial charge in [-0.25, -0.2) is 4.98 Å². The molecule has 2 aromatic heterocycles. The van der Waals surface area contributed by atoms with Crippen molar-refractivity contribution in [2.45, 2.75) is 26.4 Å². The molecule has 0 spiro atoms. The average molecular weight is 292 g/mol. The molecule has 21 heavy (non-hydrogen) atoms. The van der Waals surface area contributed by atoms with Gasteiger partial charge in [0, 0.05) is 20.1 Å². The minimum Gasteiger partial charge on any atom is -0.393 e. The number of hydrogen-bond acceptors (Lipinski definition) is 8. The number of aliphatic hydroxyl groups is 1. The molecule has 2 N–H and O–H groups in total. The maximum atomic E-state index is 9.38. The van der Waals surface area contributed by atoms with E-state index in [9.17, 15) is 5.11 Å². The molecule has 0 aliphatic carbocycles. The lowest BCUT2D eigenvalue weighted by atomic mass is 10.3. The van der Waals surface area contributed by atoms with Gasteiger partial charge >= 0.3 is 0 Å². The molecule has 1 unspecified atom stereocenters. The molecular weight excluding hydrogens is 272 g/mol. The highest BCUT2D eigenvalue weighted by molar-refractivity contribution is 5.39. The second-order valence-electron chi connectivity index (χ2n) is 4.69. The topological polar surface area (TPSA) is 105 Å². The van der Waals surface area contributed by atoms with E-state index in [-0.39, 0.29) is 6.10 Å². The third-order valence-corrected chi connectivity index (χ3v) is 2.79. The molecule has 0 fully saturated rings. The molecule has 0 saturated heterocycles. The van der Waals surface area contributed by atoms with Crippen molar-refractivity contribution >= 4 is 11.9 Å². The molecule has 0 saturated carbocycles. The normalized spacial score (nSPS) is 12.2. The molecule has 114 valence electrons. The standard InChI is InChI=1S/C12H20N8O/c1-4-14-10-16-11(19(3)6-5-9(2)21)18-12(17-10)20-8-13-7-15-20/h7-9,21H,4-6H2,1-3H3,(H,14,16,17,18). The lowest BCUT2D eigenvalue weighted by Gasteiger charge is -2.18. The second kappa shape index (κ2) is 6.93. The monoisotopic (exact) mass is 292 g/mol. The van der Waals surface area contributed by atoms with E-state index < -0.39 is 0 Å². The summed E-state index contributed by atoms with van der Waals surface area (Å²) in [5, 5.41) is 16.5. The first-order valence-electron chi connectivity index (χ1n) is 6.84. The quantitative estimate of drug-likeness (QED) is 0.740. The van der Waals surface area contributed by atoms with Crippen molar-refractivity contribution in [3.8, 4) is 5.95 Å². The molecule has 0 aliphatic heterocycles. The van der Waals surface area contributed by atoms with Gasteiger partial charge in [0.15, 0.2) is 0 Å². The molecule has 9 heteroatoms. The van der Waals surface area contributed by atoms with Gasteiger partial charge in [-0.1, -0.05) is 0 Å². The molecule has 0 bridgehead atoms. The number of hydrogen-bond donors (Lipinski definition) is 2. The zero-order valence-electron chi connectivity index (χ0n) is 12.4. The van der Waals surface area contributed by atoms with Crippen molar-refractivity contribution in [3.05, 3.63) is 12.7 Å². The Hall–Kier alpha value is -2.29. The van der Waals surface area contributed by atoms with Crippen LogP contribution in [-0.2, 0) is 0 Å². The summed E-state index contributed by atoms with van der Waals surface area (Å²) in [5.41, 5.74) is 0. The van der Waals surface area contributed by atoms with Crippen LogP contribution in [-0.4, -0.2) is 61.1 Å². The van der Waals surface area contributed by atoms with Gasteiger partial charge in [-0.05, 0) is 20.3 Å². The molecule has 0 amide bonds. The predicted octanol–water partition coefficient (Wildman–Crippen LogP) is 0.0912. The fourth-order valence-corrected chi connectivity index (χ4v) is 1.66. The fourth-order valence-electron chi connectivity index (χ4n) is 1.66. The summed E-state index contributed by atoms with van der Waals surface area (Å²) < 4.78 is 1.48. The minimum atomic E-state index is -0.364. The molecular formula is C12H20N8O. The molecule has 2 rings (SSSR count). The van der Waals surface area contributed by atoms with E-state index in [0.717, 1.165) is 0 Å². The zero-order chi connectivity index (χ0) is 15.2.